The summed E-state index contributed by atoms with van der Waals surface area (Å²) in [7, 11) is 0. The van der Waals surface area contributed by atoms with Crippen LogP contribution in [0, 0.1) is 5.92 Å². The second-order valence-electron chi connectivity index (χ2n) is 5.19. The van der Waals surface area contributed by atoms with Crippen LogP contribution >= 0.6 is 0 Å². The van der Waals surface area contributed by atoms with E-state index >= 15 is 0 Å². The van der Waals surface area contributed by atoms with Crippen molar-refractivity contribution < 1.29 is 9.90 Å². The lowest BCUT2D eigenvalue weighted by molar-refractivity contribution is -0.306. The predicted molar refractivity (Wildman–Crippen MR) is 68.8 cm³/mol. The quantitative estimate of drug-likeness (QED) is 0.810. The van der Waals surface area contributed by atoms with Gasteiger partial charge in [-0.2, -0.15) is 0 Å². The number of carboxylic acid groups (broad SMARTS) is 1. The molecule has 1 aromatic carbocycles. The first-order valence-electron chi connectivity index (χ1n) is 6.60. The van der Waals surface area contributed by atoms with Crippen molar-refractivity contribution in [1.82, 2.24) is 4.90 Å². The predicted octanol–water partition coefficient (Wildman–Crippen LogP) is 1.60. The molecule has 0 N–H and O–H groups in total. The van der Waals surface area contributed by atoms with Crippen LogP contribution in [0.1, 0.15) is 38.3 Å². The Balaban J connectivity index is 2.05. The van der Waals surface area contributed by atoms with E-state index in [1.54, 1.807) is 0 Å². The van der Waals surface area contributed by atoms with Crippen LogP contribution in [0.2, 0.25) is 0 Å². The second kappa shape index (κ2) is 5.53. The van der Waals surface area contributed by atoms with E-state index in [0.29, 0.717) is 12.1 Å². The first-order valence-corrected chi connectivity index (χ1v) is 6.60. The molecule has 1 aliphatic rings. The molecule has 1 fully saturated rings. The number of aliphatic carboxylic acids is 1. The summed E-state index contributed by atoms with van der Waals surface area (Å²) >= 11 is 0. The van der Waals surface area contributed by atoms with E-state index in [2.05, 4.69) is 30.9 Å². The summed E-state index contributed by atoms with van der Waals surface area (Å²) in [6.45, 7) is 5.28. The van der Waals surface area contributed by atoms with Gasteiger partial charge < -0.3 is 9.90 Å². The third kappa shape index (κ3) is 2.72. The van der Waals surface area contributed by atoms with Crippen molar-refractivity contribution in [3.8, 4) is 0 Å². The van der Waals surface area contributed by atoms with Crippen molar-refractivity contribution in [2.45, 2.75) is 38.8 Å². The topological polar surface area (TPSA) is 43.4 Å². The number of benzene rings is 1. The lowest BCUT2D eigenvalue weighted by Crippen LogP contribution is -2.35. The van der Waals surface area contributed by atoms with Gasteiger partial charge in [-0.15, -0.1) is 0 Å². The van der Waals surface area contributed by atoms with Crippen molar-refractivity contribution in [1.29, 1.82) is 0 Å². The minimum Gasteiger partial charge on any atom is -0.550 e. The highest BCUT2D eigenvalue weighted by Gasteiger charge is 2.33. The van der Waals surface area contributed by atoms with Crippen LogP contribution in [0.15, 0.2) is 30.3 Å². The number of likely N-dealkylation sites (tertiary alicyclic amines) is 1. The van der Waals surface area contributed by atoms with E-state index < -0.39 is 5.97 Å². The van der Waals surface area contributed by atoms with Crippen LogP contribution in [0.4, 0.5) is 0 Å². The van der Waals surface area contributed by atoms with E-state index in [1.165, 1.54) is 5.56 Å². The number of rotatable bonds is 4. The number of hydrogen-bond acceptors (Lipinski definition) is 3. The van der Waals surface area contributed by atoms with Crippen LogP contribution in [0.3, 0.4) is 0 Å². The summed E-state index contributed by atoms with van der Waals surface area (Å²) in [6, 6.07) is 11.0. The summed E-state index contributed by atoms with van der Waals surface area (Å²) in [5.41, 5.74) is 1.29. The maximum atomic E-state index is 10.7. The third-order valence-electron chi connectivity index (χ3n) is 4.17. The molecular formula is C15H20NO2-. The molecule has 0 saturated carbocycles. The summed E-state index contributed by atoms with van der Waals surface area (Å²) in [5.74, 6) is -0.706. The third-order valence-corrected chi connectivity index (χ3v) is 4.17. The molecule has 2 rings (SSSR count). The second-order valence-corrected chi connectivity index (χ2v) is 5.19. The van der Waals surface area contributed by atoms with Crippen molar-refractivity contribution in [2.24, 2.45) is 5.92 Å². The van der Waals surface area contributed by atoms with E-state index in [1.807, 2.05) is 18.2 Å². The van der Waals surface area contributed by atoms with Gasteiger partial charge in [0.25, 0.3) is 0 Å². The maximum Gasteiger partial charge on any atom is 0.0417 e. The lowest BCUT2D eigenvalue weighted by atomic mass is 9.97. The molecular weight excluding hydrogens is 226 g/mol. The molecule has 0 amide bonds. The Morgan fingerprint density at radius 2 is 2.11 bits per heavy atom. The molecule has 0 bridgehead atoms. The van der Waals surface area contributed by atoms with Gasteiger partial charge in [0.1, 0.15) is 0 Å². The van der Waals surface area contributed by atoms with Crippen LogP contribution in [0.5, 0.6) is 0 Å². The SMILES string of the molecule is CC(c1ccccc1)N1CCC(CC(=O)[O-])C1C. The van der Waals surface area contributed by atoms with Crippen molar-refractivity contribution >= 4 is 5.97 Å². The Kier molecular flexibility index (Phi) is 4.02. The molecule has 3 unspecified atom stereocenters. The van der Waals surface area contributed by atoms with Gasteiger partial charge in [-0.05, 0) is 44.7 Å². The van der Waals surface area contributed by atoms with Crippen molar-refractivity contribution in [3.63, 3.8) is 0 Å². The molecule has 98 valence electrons. The lowest BCUT2D eigenvalue weighted by Gasteiger charge is -2.31. The fourth-order valence-corrected chi connectivity index (χ4v) is 2.99. The maximum absolute atomic E-state index is 10.7. The molecule has 1 saturated heterocycles. The molecule has 0 aliphatic carbocycles. The Bertz CT molecular complexity index is 404. The van der Waals surface area contributed by atoms with E-state index in [9.17, 15) is 9.90 Å². The smallest absolute Gasteiger partial charge is 0.0417 e. The van der Waals surface area contributed by atoms with Gasteiger partial charge in [-0.3, -0.25) is 4.90 Å². The molecule has 18 heavy (non-hydrogen) atoms. The highest BCUT2D eigenvalue weighted by Crippen LogP contribution is 2.33. The Labute approximate surface area is 108 Å². The summed E-state index contributed by atoms with van der Waals surface area (Å²) in [6.07, 6.45) is 1.13. The van der Waals surface area contributed by atoms with Crippen LogP contribution < -0.4 is 5.11 Å². The Morgan fingerprint density at radius 1 is 1.44 bits per heavy atom. The number of carboxylic acids is 1. The van der Waals surface area contributed by atoms with Gasteiger partial charge in [0.05, 0.1) is 0 Å². The molecule has 1 aliphatic heterocycles. The van der Waals surface area contributed by atoms with Gasteiger partial charge in [0, 0.05) is 18.1 Å². The number of carbonyl (C=O) groups excluding carboxylic acids is 1. The van der Waals surface area contributed by atoms with Gasteiger partial charge in [0.15, 0.2) is 0 Å². The number of hydrogen-bond donors (Lipinski definition) is 0. The van der Waals surface area contributed by atoms with Crippen LogP contribution in [-0.2, 0) is 4.79 Å². The zero-order valence-electron chi connectivity index (χ0n) is 11.0. The highest BCUT2D eigenvalue weighted by atomic mass is 16.4. The Hall–Kier alpha value is -1.35. The molecule has 3 heteroatoms. The van der Waals surface area contributed by atoms with Gasteiger partial charge in [-0.25, -0.2) is 0 Å². The normalized spacial score (nSPS) is 26.1. The van der Waals surface area contributed by atoms with Crippen LogP contribution in [0.25, 0.3) is 0 Å². The molecule has 0 aromatic heterocycles. The van der Waals surface area contributed by atoms with E-state index in [4.69, 9.17) is 0 Å². The van der Waals surface area contributed by atoms with Gasteiger partial charge in [-0.1, -0.05) is 30.3 Å². The summed E-state index contributed by atoms with van der Waals surface area (Å²) in [4.78, 5) is 13.1. The first kappa shape index (κ1) is 13.1. The minimum absolute atomic E-state index is 0.180. The zero-order chi connectivity index (χ0) is 13.1. The molecule has 0 spiro atoms. The molecule has 3 nitrogen and oxygen atoms in total. The fraction of sp³-hybridized carbons (Fsp3) is 0.533. The molecule has 1 heterocycles. The van der Waals surface area contributed by atoms with E-state index in [-0.39, 0.29) is 12.3 Å². The zero-order valence-corrected chi connectivity index (χ0v) is 11.0. The number of carbonyl (C=O) groups is 1. The molecule has 1 aromatic rings. The standard InChI is InChI=1S/C15H21NO2/c1-11(13-6-4-3-5-7-13)16-9-8-14(12(16)2)10-15(17)18/h3-7,11-12,14H,8-10H2,1-2H3,(H,17,18)/p-1. The highest BCUT2D eigenvalue weighted by molar-refractivity contribution is 5.64. The molecule has 3 atom stereocenters. The monoisotopic (exact) mass is 246 g/mol. The average Bonchev–Trinajstić information content (AvgIpc) is 2.71. The van der Waals surface area contributed by atoms with Crippen LogP contribution in [-0.4, -0.2) is 23.5 Å². The van der Waals surface area contributed by atoms with Crippen molar-refractivity contribution in [2.75, 3.05) is 6.54 Å². The van der Waals surface area contributed by atoms with Crippen molar-refractivity contribution in [3.05, 3.63) is 35.9 Å². The van der Waals surface area contributed by atoms with E-state index in [0.717, 1.165) is 13.0 Å². The van der Waals surface area contributed by atoms with Gasteiger partial charge in [0.2, 0.25) is 0 Å². The van der Waals surface area contributed by atoms with Gasteiger partial charge >= 0.3 is 0 Å². The number of nitrogens with zero attached hydrogens (tertiary/aromatic N) is 1. The minimum atomic E-state index is -0.930. The fourth-order valence-electron chi connectivity index (χ4n) is 2.99. The first-order chi connectivity index (χ1) is 8.59. The largest absolute Gasteiger partial charge is 0.550 e. The molecule has 0 radical (unpaired) electrons. The summed E-state index contributed by atoms with van der Waals surface area (Å²) in [5, 5.41) is 10.7. The summed E-state index contributed by atoms with van der Waals surface area (Å²) < 4.78 is 0. The Morgan fingerprint density at radius 3 is 2.72 bits per heavy atom. The average molecular weight is 246 g/mol.